The molecule has 1 aromatic rings. The Morgan fingerprint density at radius 1 is 1.06 bits per heavy atom. The van der Waals surface area contributed by atoms with Gasteiger partial charge in [0.1, 0.15) is 0 Å². The lowest BCUT2D eigenvalue weighted by Gasteiger charge is -2.05. The molecule has 0 aliphatic heterocycles. The van der Waals surface area contributed by atoms with Crippen LogP contribution in [0.1, 0.15) is 38.2 Å². The molecule has 0 fully saturated rings. The van der Waals surface area contributed by atoms with E-state index in [0.29, 0.717) is 0 Å². The fraction of sp³-hybridized carbons (Fsp3) is 0.667. The summed E-state index contributed by atoms with van der Waals surface area (Å²) in [5.41, 5.74) is 1.35. The second-order valence-corrected chi connectivity index (χ2v) is 4.49. The van der Waals surface area contributed by atoms with E-state index in [-0.39, 0.29) is 0 Å². The summed E-state index contributed by atoms with van der Waals surface area (Å²) in [7, 11) is 0. The van der Waals surface area contributed by atoms with E-state index in [0.717, 1.165) is 39.1 Å². The Hall–Kier alpha value is -0.930. The van der Waals surface area contributed by atoms with Crippen molar-refractivity contribution in [3.63, 3.8) is 0 Å². The molecule has 0 radical (unpaired) electrons. The van der Waals surface area contributed by atoms with Crippen LogP contribution in [-0.4, -0.2) is 31.3 Å². The number of nitrogens with zero attached hydrogens (tertiary/aromatic N) is 1. The van der Waals surface area contributed by atoms with Crippen molar-refractivity contribution < 1.29 is 4.74 Å². The maximum absolute atomic E-state index is 5.63. The second kappa shape index (κ2) is 11.2. The predicted molar refractivity (Wildman–Crippen MR) is 75.8 cm³/mol. The van der Waals surface area contributed by atoms with Crippen LogP contribution in [0.4, 0.5) is 0 Å². The molecule has 0 saturated heterocycles. The van der Waals surface area contributed by atoms with Crippen molar-refractivity contribution in [1.82, 2.24) is 10.3 Å². The zero-order valence-electron chi connectivity index (χ0n) is 11.5. The average molecular weight is 250 g/mol. The van der Waals surface area contributed by atoms with E-state index in [1.54, 1.807) is 0 Å². The summed E-state index contributed by atoms with van der Waals surface area (Å²) in [6, 6.07) is 4.14. The average Bonchev–Trinajstić information content (AvgIpc) is 2.42. The van der Waals surface area contributed by atoms with Crippen LogP contribution in [-0.2, 0) is 11.2 Å². The molecule has 1 N–H and O–H groups in total. The summed E-state index contributed by atoms with van der Waals surface area (Å²) in [5, 5.41) is 3.33. The monoisotopic (exact) mass is 250 g/mol. The highest BCUT2D eigenvalue weighted by atomic mass is 16.5. The predicted octanol–water partition coefficient (Wildman–Crippen LogP) is 2.81. The van der Waals surface area contributed by atoms with Crippen LogP contribution in [0.2, 0.25) is 0 Å². The molecule has 3 nitrogen and oxygen atoms in total. The van der Waals surface area contributed by atoms with E-state index >= 15 is 0 Å². The van der Waals surface area contributed by atoms with Crippen molar-refractivity contribution in [2.75, 3.05) is 26.3 Å². The third-order valence-corrected chi connectivity index (χ3v) is 2.90. The molecular weight excluding hydrogens is 224 g/mol. The van der Waals surface area contributed by atoms with Crippen LogP contribution in [0.15, 0.2) is 24.5 Å². The topological polar surface area (TPSA) is 34.1 Å². The number of hydrogen-bond donors (Lipinski definition) is 1. The van der Waals surface area contributed by atoms with Gasteiger partial charge in [0.2, 0.25) is 0 Å². The number of nitrogens with one attached hydrogen (secondary N) is 1. The third kappa shape index (κ3) is 8.20. The van der Waals surface area contributed by atoms with E-state index in [2.05, 4.69) is 29.4 Å². The zero-order chi connectivity index (χ0) is 12.9. The summed E-state index contributed by atoms with van der Waals surface area (Å²) in [4.78, 5) is 4.01. The lowest BCUT2D eigenvalue weighted by atomic mass is 10.1. The SMILES string of the molecule is CCNCCCCCOCCCc1ccncc1. The van der Waals surface area contributed by atoms with Crippen molar-refractivity contribution in [3.8, 4) is 0 Å². The number of hydrogen-bond acceptors (Lipinski definition) is 3. The summed E-state index contributed by atoms with van der Waals surface area (Å²) in [6.07, 6.45) is 9.58. The van der Waals surface area contributed by atoms with E-state index < -0.39 is 0 Å². The van der Waals surface area contributed by atoms with Gasteiger partial charge in [-0.3, -0.25) is 4.98 Å². The van der Waals surface area contributed by atoms with E-state index in [4.69, 9.17) is 4.74 Å². The lowest BCUT2D eigenvalue weighted by Crippen LogP contribution is -2.13. The quantitative estimate of drug-likeness (QED) is 0.613. The van der Waals surface area contributed by atoms with Gasteiger partial charge < -0.3 is 10.1 Å². The Morgan fingerprint density at radius 2 is 1.83 bits per heavy atom. The molecular formula is C15H26N2O. The van der Waals surface area contributed by atoms with Crippen molar-refractivity contribution in [1.29, 1.82) is 0 Å². The van der Waals surface area contributed by atoms with E-state index in [9.17, 15) is 0 Å². The molecule has 0 saturated carbocycles. The molecule has 0 amide bonds. The minimum absolute atomic E-state index is 0.871. The first-order chi connectivity index (χ1) is 8.93. The molecule has 1 aromatic heterocycles. The first-order valence-corrected chi connectivity index (χ1v) is 7.11. The highest BCUT2D eigenvalue weighted by molar-refractivity contribution is 5.09. The Labute approximate surface area is 111 Å². The van der Waals surface area contributed by atoms with Crippen LogP contribution in [0.3, 0.4) is 0 Å². The summed E-state index contributed by atoms with van der Waals surface area (Å²) in [5.74, 6) is 0. The molecule has 0 spiro atoms. The molecule has 1 heterocycles. The molecule has 0 unspecified atom stereocenters. The minimum atomic E-state index is 0.871. The van der Waals surface area contributed by atoms with Gasteiger partial charge in [-0.2, -0.15) is 0 Å². The molecule has 0 aromatic carbocycles. The fourth-order valence-corrected chi connectivity index (χ4v) is 1.84. The smallest absolute Gasteiger partial charge is 0.0469 e. The number of ether oxygens (including phenoxy) is 1. The molecule has 18 heavy (non-hydrogen) atoms. The highest BCUT2D eigenvalue weighted by Crippen LogP contribution is 2.01. The van der Waals surface area contributed by atoms with E-state index in [1.807, 2.05) is 12.4 Å². The van der Waals surface area contributed by atoms with Gasteiger partial charge in [0.25, 0.3) is 0 Å². The standard InChI is InChI=1S/C15H26N2O/c1-2-16-10-4-3-5-13-18-14-6-7-15-8-11-17-12-9-15/h8-9,11-12,16H,2-7,10,13-14H2,1H3. The molecule has 102 valence electrons. The van der Waals surface area contributed by atoms with Crippen molar-refractivity contribution >= 4 is 0 Å². The van der Waals surface area contributed by atoms with Gasteiger partial charge in [0.05, 0.1) is 0 Å². The molecule has 0 aliphatic carbocycles. The van der Waals surface area contributed by atoms with Crippen molar-refractivity contribution in [3.05, 3.63) is 30.1 Å². The molecule has 0 atom stereocenters. The van der Waals surface area contributed by atoms with Crippen LogP contribution in [0.5, 0.6) is 0 Å². The van der Waals surface area contributed by atoms with Gasteiger partial charge in [-0.1, -0.05) is 6.92 Å². The third-order valence-electron chi connectivity index (χ3n) is 2.90. The molecule has 0 bridgehead atoms. The van der Waals surface area contributed by atoms with Crippen molar-refractivity contribution in [2.45, 2.75) is 39.0 Å². The Balaban J connectivity index is 1.82. The summed E-state index contributed by atoms with van der Waals surface area (Å²) >= 11 is 0. The first-order valence-electron chi connectivity index (χ1n) is 7.11. The van der Waals surface area contributed by atoms with Crippen LogP contribution >= 0.6 is 0 Å². The Bertz CT molecular complexity index is 277. The van der Waals surface area contributed by atoms with Crippen LogP contribution < -0.4 is 5.32 Å². The van der Waals surface area contributed by atoms with Gasteiger partial charge in [0.15, 0.2) is 0 Å². The molecule has 1 rings (SSSR count). The number of pyridine rings is 1. The molecule has 0 aliphatic rings. The Kier molecular flexibility index (Phi) is 9.39. The van der Waals surface area contributed by atoms with Crippen LogP contribution in [0.25, 0.3) is 0 Å². The minimum Gasteiger partial charge on any atom is -0.381 e. The van der Waals surface area contributed by atoms with Gasteiger partial charge >= 0.3 is 0 Å². The Morgan fingerprint density at radius 3 is 2.61 bits per heavy atom. The normalized spacial score (nSPS) is 10.7. The summed E-state index contributed by atoms with van der Waals surface area (Å²) < 4.78 is 5.63. The number of aryl methyl sites for hydroxylation is 1. The van der Waals surface area contributed by atoms with Crippen LogP contribution in [0, 0.1) is 0 Å². The maximum atomic E-state index is 5.63. The van der Waals surface area contributed by atoms with Gasteiger partial charge in [-0.15, -0.1) is 0 Å². The van der Waals surface area contributed by atoms with E-state index in [1.165, 1.54) is 24.8 Å². The fourth-order valence-electron chi connectivity index (χ4n) is 1.84. The number of unbranched alkanes of at least 4 members (excludes halogenated alkanes) is 2. The zero-order valence-corrected chi connectivity index (χ0v) is 11.5. The first kappa shape index (κ1) is 15.1. The summed E-state index contributed by atoms with van der Waals surface area (Å²) in [6.45, 7) is 6.13. The molecule has 3 heteroatoms. The number of rotatable bonds is 11. The van der Waals surface area contributed by atoms with Crippen molar-refractivity contribution in [2.24, 2.45) is 0 Å². The van der Waals surface area contributed by atoms with Gasteiger partial charge in [-0.05, 0) is 62.9 Å². The lowest BCUT2D eigenvalue weighted by molar-refractivity contribution is 0.128. The van der Waals surface area contributed by atoms with Gasteiger partial charge in [-0.25, -0.2) is 0 Å². The second-order valence-electron chi connectivity index (χ2n) is 4.49. The van der Waals surface area contributed by atoms with Gasteiger partial charge in [0, 0.05) is 25.6 Å². The maximum Gasteiger partial charge on any atom is 0.0469 e. The highest BCUT2D eigenvalue weighted by Gasteiger charge is 1.93. The number of aromatic nitrogens is 1. The largest absolute Gasteiger partial charge is 0.381 e.